The Hall–Kier alpha value is -1.84. The highest BCUT2D eigenvalue weighted by molar-refractivity contribution is 5.83. The third-order valence-corrected chi connectivity index (χ3v) is 1.70. The predicted octanol–water partition coefficient (Wildman–Crippen LogP) is -0.638. The molecule has 68 valence electrons. The molecule has 0 aliphatic heterocycles. The average molecular weight is 180 g/mol. The second-order valence-electron chi connectivity index (χ2n) is 2.44. The van der Waals surface area contributed by atoms with E-state index in [-0.39, 0.29) is 11.3 Å². The molecule has 0 amide bonds. The van der Waals surface area contributed by atoms with Crippen molar-refractivity contribution >= 4 is 11.9 Å². The van der Waals surface area contributed by atoms with Crippen LogP contribution in [0.4, 0.5) is 0 Å². The Labute approximate surface area is 74.2 Å². The van der Waals surface area contributed by atoms with Gasteiger partial charge in [0.15, 0.2) is 0 Å². The fourth-order valence-electron chi connectivity index (χ4n) is 1.07. The topological polar surface area (TPSA) is 92.4 Å². The molecule has 5 heteroatoms. The van der Waals surface area contributed by atoms with Gasteiger partial charge < -0.3 is 10.5 Å². The summed E-state index contributed by atoms with van der Waals surface area (Å²) < 4.78 is 0. The van der Waals surface area contributed by atoms with Crippen LogP contribution in [0.2, 0.25) is 0 Å². The number of carboxylic acid groups (broad SMARTS) is 1. The Morgan fingerprint density at radius 1 is 1.69 bits per heavy atom. The number of carbonyl (C=O) groups excluding carboxylic acids is 1. The first-order chi connectivity index (χ1) is 6.20. The number of rotatable bonds is 2. The predicted molar refractivity (Wildman–Crippen MR) is 44.9 cm³/mol. The van der Waals surface area contributed by atoms with E-state index in [1.807, 2.05) is 0 Å². The van der Waals surface area contributed by atoms with Crippen molar-refractivity contribution in [3.05, 3.63) is 29.5 Å². The van der Waals surface area contributed by atoms with Gasteiger partial charge in [-0.25, -0.2) is 4.79 Å². The van der Waals surface area contributed by atoms with Gasteiger partial charge in [-0.3, -0.25) is 10.6 Å². The lowest BCUT2D eigenvalue weighted by Crippen LogP contribution is -2.28. The van der Waals surface area contributed by atoms with Crippen molar-refractivity contribution in [3.8, 4) is 0 Å². The zero-order chi connectivity index (χ0) is 9.84. The molecule has 0 spiro atoms. The van der Waals surface area contributed by atoms with E-state index >= 15 is 0 Å². The first-order valence-corrected chi connectivity index (χ1v) is 3.54. The number of allylic oxidation sites excluding steroid dienone is 3. The summed E-state index contributed by atoms with van der Waals surface area (Å²) in [5, 5.41) is 8.71. The zero-order valence-corrected chi connectivity index (χ0v) is 6.65. The summed E-state index contributed by atoms with van der Waals surface area (Å²) >= 11 is 0. The first-order valence-electron chi connectivity index (χ1n) is 3.54. The summed E-state index contributed by atoms with van der Waals surface area (Å²) in [4.78, 5) is 21.1. The van der Waals surface area contributed by atoms with Crippen LogP contribution >= 0.6 is 0 Å². The number of carbonyl (C=O) groups is 1. The maximum absolute atomic E-state index is 10.6. The summed E-state index contributed by atoms with van der Waals surface area (Å²) in [7, 11) is 0. The van der Waals surface area contributed by atoms with Crippen LogP contribution < -0.4 is 11.3 Å². The Morgan fingerprint density at radius 3 is 2.85 bits per heavy atom. The minimum absolute atomic E-state index is 0.0116. The SMILES string of the molecule is NNC1=CC=CC(C(=O)O)C1=C=O. The number of carboxylic acids is 1. The van der Waals surface area contributed by atoms with E-state index in [1.54, 1.807) is 5.94 Å². The summed E-state index contributed by atoms with van der Waals surface area (Å²) in [6.45, 7) is 0. The maximum atomic E-state index is 10.6. The third kappa shape index (κ3) is 1.66. The lowest BCUT2D eigenvalue weighted by molar-refractivity contribution is -0.138. The lowest BCUT2D eigenvalue weighted by atomic mass is 9.93. The smallest absolute Gasteiger partial charge is 0.315 e. The van der Waals surface area contributed by atoms with Crippen molar-refractivity contribution in [1.29, 1.82) is 0 Å². The molecule has 0 fully saturated rings. The normalized spacial score (nSPS) is 20.5. The van der Waals surface area contributed by atoms with Crippen LogP contribution in [0.1, 0.15) is 0 Å². The number of hydrogen-bond donors (Lipinski definition) is 3. The van der Waals surface area contributed by atoms with Crippen molar-refractivity contribution in [2.24, 2.45) is 11.8 Å². The van der Waals surface area contributed by atoms with E-state index in [9.17, 15) is 9.59 Å². The van der Waals surface area contributed by atoms with Crippen molar-refractivity contribution in [2.75, 3.05) is 0 Å². The molecule has 1 atom stereocenters. The van der Waals surface area contributed by atoms with Crippen molar-refractivity contribution in [3.63, 3.8) is 0 Å². The highest BCUT2D eigenvalue weighted by Crippen LogP contribution is 2.20. The number of nitrogens with two attached hydrogens (primary N) is 1. The standard InChI is InChI=1S/C8H8N2O3/c9-10-7-3-1-2-5(8(12)13)6(7)4-11/h1-3,5,10H,9H2,(H,12,13). The molecule has 1 aliphatic carbocycles. The molecule has 0 radical (unpaired) electrons. The average Bonchev–Trinajstić information content (AvgIpc) is 2.16. The highest BCUT2D eigenvalue weighted by atomic mass is 16.4. The minimum Gasteiger partial charge on any atom is -0.481 e. The van der Waals surface area contributed by atoms with Gasteiger partial charge in [0, 0.05) is 0 Å². The van der Waals surface area contributed by atoms with Gasteiger partial charge in [-0.1, -0.05) is 12.2 Å². The Balaban J connectivity index is 3.08. The van der Waals surface area contributed by atoms with Gasteiger partial charge in [-0.05, 0) is 6.08 Å². The zero-order valence-electron chi connectivity index (χ0n) is 6.65. The fraction of sp³-hybridized carbons (Fsp3) is 0.125. The van der Waals surface area contributed by atoms with Crippen LogP contribution in [0.5, 0.6) is 0 Å². The lowest BCUT2D eigenvalue weighted by Gasteiger charge is -2.15. The molecule has 0 bridgehead atoms. The molecule has 5 nitrogen and oxygen atoms in total. The summed E-state index contributed by atoms with van der Waals surface area (Å²) in [5.74, 6) is 4.58. The quantitative estimate of drug-likeness (QED) is 0.298. The van der Waals surface area contributed by atoms with E-state index in [0.717, 1.165) is 0 Å². The van der Waals surface area contributed by atoms with Crippen LogP contribution in [-0.4, -0.2) is 17.0 Å². The molecule has 0 saturated heterocycles. The van der Waals surface area contributed by atoms with Crippen molar-refractivity contribution < 1.29 is 14.7 Å². The molecule has 0 heterocycles. The van der Waals surface area contributed by atoms with E-state index < -0.39 is 11.9 Å². The molecule has 13 heavy (non-hydrogen) atoms. The summed E-state index contributed by atoms with van der Waals surface area (Å²) in [5.41, 5.74) is 2.53. The Morgan fingerprint density at radius 2 is 2.38 bits per heavy atom. The van der Waals surface area contributed by atoms with E-state index in [4.69, 9.17) is 10.9 Å². The molecule has 0 aromatic carbocycles. The number of hydrogen-bond acceptors (Lipinski definition) is 4. The van der Waals surface area contributed by atoms with Crippen molar-refractivity contribution in [2.45, 2.75) is 0 Å². The first kappa shape index (κ1) is 9.25. The van der Waals surface area contributed by atoms with Gasteiger partial charge in [-0.15, -0.1) is 0 Å². The second kappa shape index (κ2) is 3.71. The van der Waals surface area contributed by atoms with Gasteiger partial charge in [-0.2, -0.15) is 0 Å². The largest absolute Gasteiger partial charge is 0.481 e. The third-order valence-electron chi connectivity index (χ3n) is 1.70. The maximum Gasteiger partial charge on any atom is 0.315 e. The molecule has 1 unspecified atom stereocenters. The van der Waals surface area contributed by atoms with E-state index in [1.165, 1.54) is 18.2 Å². The van der Waals surface area contributed by atoms with Crippen molar-refractivity contribution in [1.82, 2.24) is 5.43 Å². The van der Waals surface area contributed by atoms with Gasteiger partial charge >= 0.3 is 5.97 Å². The summed E-state index contributed by atoms with van der Waals surface area (Å²) in [6.07, 6.45) is 4.43. The van der Waals surface area contributed by atoms with Crippen LogP contribution in [0.25, 0.3) is 0 Å². The highest BCUT2D eigenvalue weighted by Gasteiger charge is 2.25. The van der Waals surface area contributed by atoms with Crippen LogP contribution in [0, 0.1) is 5.92 Å². The van der Waals surface area contributed by atoms with Gasteiger partial charge in [0.2, 0.25) is 0 Å². The molecule has 1 aliphatic rings. The van der Waals surface area contributed by atoms with Gasteiger partial charge in [0.25, 0.3) is 0 Å². The molecule has 0 aromatic heterocycles. The van der Waals surface area contributed by atoms with Crippen LogP contribution in [0.15, 0.2) is 29.5 Å². The Kier molecular flexibility index (Phi) is 2.64. The summed E-state index contributed by atoms with van der Waals surface area (Å²) in [6, 6.07) is 0. The molecular formula is C8H8N2O3. The fourth-order valence-corrected chi connectivity index (χ4v) is 1.07. The van der Waals surface area contributed by atoms with Gasteiger partial charge in [0.05, 0.1) is 11.3 Å². The second-order valence-corrected chi connectivity index (χ2v) is 2.44. The number of hydrazine groups is 1. The number of aliphatic carboxylic acids is 1. The Bertz CT molecular complexity index is 337. The molecule has 4 N–H and O–H groups in total. The molecule has 0 saturated carbocycles. The van der Waals surface area contributed by atoms with E-state index in [0.29, 0.717) is 0 Å². The van der Waals surface area contributed by atoms with Gasteiger partial charge in [0.1, 0.15) is 11.9 Å². The van der Waals surface area contributed by atoms with Crippen LogP contribution in [0.3, 0.4) is 0 Å². The van der Waals surface area contributed by atoms with Crippen LogP contribution in [-0.2, 0) is 9.59 Å². The molecule has 0 aromatic rings. The minimum atomic E-state index is -1.10. The monoisotopic (exact) mass is 180 g/mol. The van der Waals surface area contributed by atoms with E-state index in [2.05, 4.69) is 5.43 Å². The molecular weight excluding hydrogens is 172 g/mol. The number of nitrogens with one attached hydrogen (secondary N) is 1. The molecule has 1 rings (SSSR count).